The topological polar surface area (TPSA) is 66.9 Å². The Bertz CT molecular complexity index is 865. The van der Waals surface area contributed by atoms with Gasteiger partial charge in [-0.3, -0.25) is 4.79 Å². The molecule has 5 heteroatoms. The first-order chi connectivity index (χ1) is 12.7. The Balaban J connectivity index is 1.53. The Labute approximate surface area is 153 Å². The zero-order valence-corrected chi connectivity index (χ0v) is 14.8. The lowest BCUT2D eigenvalue weighted by molar-refractivity contribution is 0.102. The van der Waals surface area contributed by atoms with Gasteiger partial charge in [-0.05, 0) is 49.1 Å². The molecule has 3 aromatic rings. The first-order valence-electron chi connectivity index (χ1n) is 8.69. The minimum Gasteiger partial charge on any atom is -0.354 e. The quantitative estimate of drug-likeness (QED) is 0.633. The highest BCUT2D eigenvalue weighted by molar-refractivity contribution is 6.02. The molecule has 1 amide bonds. The highest BCUT2D eigenvalue weighted by Gasteiger charge is 2.09. The van der Waals surface area contributed by atoms with Gasteiger partial charge in [0, 0.05) is 18.4 Å². The van der Waals surface area contributed by atoms with E-state index in [2.05, 4.69) is 32.7 Å². The van der Waals surface area contributed by atoms with E-state index in [1.165, 1.54) is 5.56 Å². The fourth-order valence-electron chi connectivity index (χ4n) is 2.63. The van der Waals surface area contributed by atoms with E-state index in [-0.39, 0.29) is 5.91 Å². The number of hydrogen-bond acceptors (Lipinski definition) is 4. The van der Waals surface area contributed by atoms with Crippen LogP contribution < -0.4 is 10.6 Å². The molecule has 1 heterocycles. The third-order valence-corrected chi connectivity index (χ3v) is 3.93. The number of hydrogen-bond donors (Lipinski definition) is 2. The second kappa shape index (κ2) is 8.76. The number of aromatic nitrogens is 2. The molecule has 0 aliphatic rings. The Hall–Kier alpha value is -3.21. The van der Waals surface area contributed by atoms with Crippen molar-refractivity contribution in [1.29, 1.82) is 0 Å². The smallest absolute Gasteiger partial charge is 0.274 e. The molecule has 0 bridgehead atoms. The lowest BCUT2D eigenvalue weighted by atomic mass is 10.1. The van der Waals surface area contributed by atoms with Crippen molar-refractivity contribution in [3.05, 3.63) is 83.7 Å². The van der Waals surface area contributed by atoms with Crippen LogP contribution in [0.5, 0.6) is 0 Å². The van der Waals surface area contributed by atoms with Crippen molar-refractivity contribution in [2.45, 2.75) is 19.8 Å². The molecular formula is C21H22N4O. The third kappa shape index (κ3) is 5.14. The lowest BCUT2D eigenvalue weighted by Crippen LogP contribution is -2.15. The van der Waals surface area contributed by atoms with Crippen LogP contribution in [0.4, 0.5) is 11.6 Å². The predicted molar refractivity (Wildman–Crippen MR) is 104 cm³/mol. The summed E-state index contributed by atoms with van der Waals surface area (Å²) in [4.78, 5) is 20.9. The van der Waals surface area contributed by atoms with Gasteiger partial charge in [0.2, 0.25) is 5.95 Å². The molecule has 5 nitrogen and oxygen atoms in total. The molecule has 0 spiro atoms. The van der Waals surface area contributed by atoms with Crippen molar-refractivity contribution in [3.63, 3.8) is 0 Å². The van der Waals surface area contributed by atoms with E-state index >= 15 is 0 Å². The number of benzene rings is 2. The number of amides is 1. The maximum atomic E-state index is 12.4. The summed E-state index contributed by atoms with van der Waals surface area (Å²) in [7, 11) is 0. The largest absolute Gasteiger partial charge is 0.354 e. The Morgan fingerprint density at radius 2 is 1.88 bits per heavy atom. The van der Waals surface area contributed by atoms with Gasteiger partial charge in [0.05, 0.1) is 0 Å². The summed E-state index contributed by atoms with van der Waals surface area (Å²) >= 11 is 0. The van der Waals surface area contributed by atoms with Crippen LogP contribution in [0.1, 0.15) is 28.0 Å². The molecule has 2 aromatic carbocycles. The van der Waals surface area contributed by atoms with Crippen molar-refractivity contribution in [1.82, 2.24) is 9.97 Å². The monoisotopic (exact) mass is 346 g/mol. The van der Waals surface area contributed by atoms with E-state index in [0.29, 0.717) is 11.6 Å². The molecule has 1 aromatic heterocycles. The number of anilines is 2. The van der Waals surface area contributed by atoms with Crippen molar-refractivity contribution in [2.75, 3.05) is 17.2 Å². The highest BCUT2D eigenvalue weighted by atomic mass is 16.1. The molecule has 0 aliphatic heterocycles. The minimum absolute atomic E-state index is 0.245. The summed E-state index contributed by atoms with van der Waals surface area (Å²) in [5, 5.41) is 6.04. The number of nitrogens with zero attached hydrogens (tertiary/aromatic N) is 2. The third-order valence-electron chi connectivity index (χ3n) is 3.93. The van der Waals surface area contributed by atoms with Crippen molar-refractivity contribution in [2.24, 2.45) is 0 Å². The number of carbonyl (C=O) groups excluding carboxylic acids is 1. The summed E-state index contributed by atoms with van der Waals surface area (Å²) in [6.07, 6.45) is 3.55. The minimum atomic E-state index is -0.245. The number of rotatable bonds is 7. The van der Waals surface area contributed by atoms with Gasteiger partial charge in [0.15, 0.2) is 0 Å². The van der Waals surface area contributed by atoms with Crippen LogP contribution in [0.2, 0.25) is 0 Å². The second-order valence-electron chi connectivity index (χ2n) is 6.11. The zero-order chi connectivity index (χ0) is 18.2. The van der Waals surface area contributed by atoms with E-state index in [1.54, 1.807) is 12.3 Å². The lowest BCUT2D eigenvalue weighted by Gasteiger charge is -2.08. The van der Waals surface area contributed by atoms with Crippen LogP contribution >= 0.6 is 0 Å². The van der Waals surface area contributed by atoms with Crippen molar-refractivity contribution < 1.29 is 4.79 Å². The molecule has 0 saturated heterocycles. The van der Waals surface area contributed by atoms with Crippen LogP contribution in [0.15, 0.2) is 66.9 Å². The molecule has 26 heavy (non-hydrogen) atoms. The molecule has 0 atom stereocenters. The average molecular weight is 346 g/mol. The number of nitrogens with one attached hydrogen (secondary N) is 2. The fraction of sp³-hybridized carbons (Fsp3) is 0.190. The van der Waals surface area contributed by atoms with Gasteiger partial charge in [0.1, 0.15) is 5.69 Å². The average Bonchev–Trinajstić information content (AvgIpc) is 2.66. The molecule has 0 fully saturated rings. The van der Waals surface area contributed by atoms with E-state index in [4.69, 9.17) is 0 Å². The molecule has 0 saturated carbocycles. The van der Waals surface area contributed by atoms with E-state index < -0.39 is 0 Å². The SMILES string of the molecule is Cc1cccc(NC(=O)c2ccnc(NCCCc3ccccc3)n2)c1. The summed E-state index contributed by atoms with van der Waals surface area (Å²) < 4.78 is 0. The second-order valence-corrected chi connectivity index (χ2v) is 6.11. The first kappa shape index (κ1) is 17.6. The van der Waals surface area contributed by atoms with Crippen LogP contribution in [0, 0.1) is 6.92 Å². The summed E-state index contributed by atoms with van der Waals surface area (Å²) in [5.74, 6) is 0.222. The maximum Gasteiger partial charge on any atom is 0.274 e. The van der Waals surface area contributed by atoms with Gasteiger partial charge in [-0.15, -0.1) is 0 Å². The highest BCUT2D eigenvalue weighted by Crippen LogP contribution is 2.11. The fourth-order valence-corrected chi connectivity index (χ4v) is 2.63. The molecule has 2 N–H and O–H groups in total. The first-order valence-corrected chi connectivity index (χ1v) is 8.69. The Morgan fingerprint density at radius 1 is 1.04 bits per heavy atom. The summed E-state index contributed by atoms with van der Waals surface area (Å²) in [5.41, 5.74) is 3.49. The standard InChI is InChI=1S/C21H22N4O/c1-16-7-5-11-18(15-16)24-20(26)19-12-14-23-21(25-19)22-13-6-10-17-8-3-2-4-9-17/h2-5,7-9,11-12,14-15H,6,10,13H2,1H3,(H,24,26)(H,22,23,25). The predicted octanol–water partition coefficient (Wildman–Crippen LogP) is 4.08. The summed E-state index contributed by atoms with van der Waals surface area (Å²) in [6.45, 7) is 2.73. The molecule has 132 valence electrons. The maximum absolute atomic E-state index is 12.4. The Kier molecular flexibility index (Phi) is 5.93. The van der Waals surface area contributed by atoms with Gasteiger partial charge >= 0.3 is 0 Å². The summed E-state index contributed by atoms with van der Waals surface area (Å²) in [6, 6.07) is 19.6. The van der Waals surface area contributed by atoms with E-state index in [0.717, 1.165) is 30.6 Å². The normalized spacial score (nSPS) is 10.3. The van der Waals surface area contributed by atoms with Gasteiger partial charge in [-0.25, -0.2) is 9.97 Å². The number of carbonyl (C=O) groups is 1. The Morgan fingerprint density at radius 3 is 2.69 bits per heavy atom. The molecule has 3 rings (SSSR count). The molecular weight excluding hydrogens is 324 g/mol. The molecule has 0 radical (unpaired) electrons. The van der Waals surface area contributed by atoms with Gasteiger partial charge in [-0.2, -0.15) is 0 Å². The van der Waals surface area contributed by atoms with Crippen molar-refractivity contribution in [3.8, 4) is 0 Å². The number of aryl methyl sites for hydroxylation is 2. The van der Waals surface area contributed by atoms with Crippen molar-refractivity contribution >= 4 is 17.5 Å². The van der Waals surface area contributed by atoms with Gasteiger partial charge in [-0.1, -0.05) is 42.5 Å². The van der Waals surface area contributed by atoms with Crippen LogP contribution in [0.3, 0.4) is 0 Å². The molecule has 0 aliphatic carbocycles. The van der Waals surface area contributed by atoms with E-state index in [9.17, 15) is 4.79 Å². The van der Waals surface area contributed by atoms with Crippen LogP contribution in [0.25, 0.3) is 0 Å². The van der Waals surface area contributed by atoms with Crippen LogP contribution in [-0.2, 0) is 6.42 Å². The van der Waals surface area contributed by atoms with Gasteiger partial charge < -0.3 is 10.6 Å². The molecule has 0 unspecified atom stereocenters. The van der Waals surface area contributed by atoms with Crippen LogP contribution in [-0.4, -0.2) is 22.4 Å². The zero-order valence-electron chi connectivity index (χ0n) is 14.8. The van der Waals surface area contributed by atoms with E-state index in [1.807, 2.05) is 49.4 Å². The van der Waals surface area contributed by atoms with Gasteiger partial charge in [0.25, 0.3) is 5.91 Å².